The standard InChI is InChI=1S/C18H26F4N4O2/c1-17(2,28)14(19)8-13-15(16(23)27)12(5-6-24-13)26-11-4-3-10(7-11)25-9-18(20,21)22/h5-6,10-11,14,25,28H,3-4,7-9H2,1-2H3,(H2,23,27)(H,24,26)/t10?,11?,14-/m1/s1. The second-order valence-corrected chi connectivity index (χ2v) is 7.72. The summed E-state index contributed by atoms with van der Waals surface area (Å²) in [6.07, 6.45) is -3.21. The first kappa shape index (κ1) is 22.4. The van der Waals surface area contributed by atoms with E-state index in [1.54, 1.807) is 0 Å². The Morgan fingerprint density at radius 1 is 1.36 bits per heavy atom. The molecule has 1 heterocycles. The van der Waals surface area contributed by atoms with Gasteiger partial charge in [-0.1, -0.05) is 0 Å². The van der Waals surface area contributed by atoms with E-state index in [1.807, 2.05) is 0 Å². The molecule has 1 aliphatic carbocycles. The lowest BCUT2D eigenvalue weighted by molar-refractivity contribution is -0.126. The predicted molar refractivity (Wildman–Crippen MR) is 96.8 cm³/mol. The van der Waals surface area contributed by atoms with Gasteiger partial charge in [0.25, 0.3) is 5.91 Å². The average molecular weight is 406 g/mol. The molecule has 0 bridgehead atoms. The number of nitrogens with two attached hydrogens (primary N) is 1. The Morgan fingerprint density at radius 2 is 2.00 bits per heavy atom. The van der Waals surface area contributed by atoms with Crippen LogP contribution in [0.4, 0.5) is 23.2 Å². The maximum Gasteiger partial charge on any atom is 0.401 e. The van der Waals surface area contributed by atoms with Crippen LogP contribution >= 0.6 is 0 Å². The van der Waals surface area contributed by atoms with Crippen molar-refractivity contribution in [2.75, 3.05) is 11.9 Å². The summed E-state index contributed by atoms with van der Waals surface area (Å²) in [5.41, 5.74) is 4.36. The maximum atomic E-state index is 14.2. The van der Waals surface area contributed by atoms with Crippen molar-refractivity contribution in [3.8, 4) is 0 Å². The number of alkyl halides is 4. The minimum atomic E-state index is -4.27. The third-order valence-corrected chi connectivity index (χ3v) is 4.80. The lowest BCUT2D eigenvalue weighted by Gasteiger charge is -2.23. The Hall–Kier alpha value is -1.94. The van der Waals surface area contributed by atoms with Crippen molar-refractivity contribution >= 4 is 11.6 Å². The first-order valence-electron chi connectivity index (χ1n) is 9.07. The molecule has 1 aromatic rings. The Labute approximate surface area is 160 Å². The summed E-state index contributed by atoms with van der Waals surface area (Å²) >= 11 is 0. The van der Waals surface area contributed by atoms with E-state index in [9.17, 15) is 27.5 Å². The number of halogens is 4. The highest BCUT2D eigenvalue weighted by atomic mass is 19.4. The second kappa shape index (κ2) is 8.60. The van der Waals surface area contributed by atoms with Crippen LogP contribution in [0.1, 0.15) is 49.2 Å². The highest BCUT2D eigenvalue weighted by Gasteiger charge is 2.32. The number of carbonyl (C=O) groups excluding carboxylic acids is 1. The van der Waals surface area contributed by atoms with Crippen molar-refractivity contribution in [1.29, 1.82) is 0 Å². The third-order valence-electron chi connectivity index (χ3n) is 4.80. The molecule has 28 heavy (non-hydrogen) atoms. The Kier molecular flexibility index (Phi) is 6.87. The van der Waals surface area contributed by atoms with Gasteiger partial charge < -0.3 is 21.5 Å². The van der Waals surface area contributed by atoms with Gasteiger partial charge in [-0.25, -0.2) is 4.39 Å². The number of pyridine rings is 1. The van der Waals surface area contributed by atoms with Crippen LogP contribution in [0.2, 0.25) is 0 Å². The molecule has 10 heteroatoms. The van der Waals surface area contributed by atoms with Gasteiger partial charge in [-0.2, -0.15) is 13.2 Å². The molecule has 1 saturated carbocycles. The first-order valence-corrected chi connectivity index (χ1v) is 9.07. The largest absolute Gasteiger partial charge is 0.401 e. The SMILES string of the molecule is CC(C)(O)[C@H](F)Cc1nccc(NC2CCC(NCC(F)(F)F)C2)c1C(N)=O. The van der Waals surface area contributed by atoms with Crippen LogP contribution in [0, 0.1) is 0 Å². The zero-order chi connectivity index (χ0) is 21.1. The number of nitrogens with zero attached hydrogens (tertiary/aromatic N) is 1. The van der Waals surface area contributed by atoms with Crippen LogP contribution in [0.15, 0.2) is 12.3 Å². The van der Waals surface area contributed by atoms with E-state index in [0.717, 1.165) is 0 Å². The van der Waals surface area contributed by atoms with E-state index >= 15 is 0 Å². The average Bonchev–Trinajstić information content (AvgIpc) is 2.99. The molecule has 1 fully saturated rings. The number of anilines is 1. The number of primary amides is 1. The molecule has 6 nitrogen and oxygen atoms in total. The van der Waals surface area contributed by atoms with E-state index in [0.29, 0.717) is 24.9 Å². The van der Waals surface area contributed by atoms with Gasteiger partial charge in [0.1, 0.15) is 6.17 Å². The zero-order valence-corrected chi connectivity index (χ0v) is 15.8. The first-order chi connectivity index (χ1) is 12.9. The predicted octanol–water partition coefficient (Wildman–Crippen LogP) is 2.32. The summed E-state index contributed by atoms with van der Waals surface area (Å²) in [6, 6.07) is 1.08. The topological polar surface area (TPSA) is 100 Å². The summed E-state index contributed by atoms with van der Waals surface area (Å²) in [7, 11) is 0. The van der Waals surface area contributed by atoms with Crippen LogP contribution in [-0.4, -0.2) is 52.6 Å². The highest BCUT2D eigenvalue weighted by molar-refractivity contribution is 5.99. The van der Waals surface area contributed by atoms with E-state index in [2.05, 4.69) is 15.6 Å². The quantitative estimate of drug-likeness (QED) is 0.497. The van der Waals surface area contributed by atoms with Gasteiger partial charge >= 0.3 is 6.18 Å². The molecule has 1 aliphatic rings. The van der Waals surface area contributed by atoms with Crippen LogP contribution < -0.4 is 16.4 Å². The number of nitrogens with one attached hydrogen (secondary N) is 2. The minimum Gasteiger partial charge on any atom is -0.387 e. The molecule has 0 radical (unpaired) electrons. The fourth-order valence-corrected chi connectivity index (χ4v) is 3.25. The normalized spacial score (nSPS) is 21.5. The molecule has 2 rings (SSSR count). The fraction of sp³-hybridized carbons (Fsp3) is 0.667. The van der Waals surface area contributed by atoms with Gasteiger partial charge in [-0.3, -0.25) is 9.78 Å². The smallest absolute Gasteiger partial charge is 0.387 e. The van der Waals surface area contributed by atoms with Crippen LogP contribution in [-0.2, 0) is 6.42 Å². The monoisotopic (exact) mass is 406 g/mol. The summed E-state index contributed by atoms with van der Waals surface area (Å²) in [4.78, 5) is 16.0. The summed E-state index contributed by atoms with van der Waals surface area (Å²) < 4.78 is 51.3. The van der Waals surface area contributed by atoms with Gasteiger partial charge in [0.15, 0.2) is 0 Å². The zero-order valence-electron chi connectivity index (χ0n) is 15.8. The van der Waals surface area contributed by atoms with Crippen LogP contribution in [0.5, 0.6) is 0 Å². The molecule has 0 aliphatic heterocycles. The lowest BCUT2D eigenvalue weighted by atomic mass is 9.96. The van der Waals surface area contributed by atoms with E-state index < -0.39 is 30.4 Å². The highest BCUT2D eigenvalue weighted by Crippen LogP contribution is 2.28. The maximum absolute atomic E-state index is 14.2. The molecular weight excluding hydrogens is 380 g/mol. The van der Waals surface area contributed by atoms with Crippen molar-refractivity contribution < 1.29 is 27.5 Å². The van der Waals surface area contributed by atoms with Gasteiger partial charge in [0.05, 0.1) is 29.1 Å². The van der Waals surface area contributed by atoms with Gasteiger partial charge in [-0.15, -0.1) is 0 Å². The molecule has 0 spiro atoms. The summed E-state index contributed by atoms with van der Waals surface area (Å²) in [5.74, 6) is -0.793. The van der Waals surface area contributed by atoms with E-state index in [1.165, 1.54) is 26.1 Å². The van der Waals surface area contributed by atoms with Gasteiger partial charge in [-0.05, 0) is 39.2 Å². The Bertz CT molecular complexity index is 691. The molecule has 3 atom stereocenters. The van der Waals surface area contributed by atoms with Gasteiger partial charge in [0.2, 0.25) is 0 Å². The fourth-order valence-electron chi connectivity index (χ4n) is 3.25. The van der Waals surface area contributed by atoms with Crippen molar-refractivity contribution in [2.24, 2.45) is 5.73 Å². The van der Waals surface area contributed by atoms with Crippen molar-refractivity contribution in [1.82, 2.24) is 10.3 Å². The van der Waals surface area contributed by atoms with Crippen molar-refractivity contribution in [2.45, 2.75) is 69.6 Å². The molecular formula is C18H26F4N4O2. The minimum absolute atomic E-state index is 0.0288. The molecule has 0 aromatic carbocycles. The molecule has 1 aromatic heterocycles. The number of hydrogen-bond acceptors (Lipinski definition) is 5. The number of aromatic nitrogens is 1. The second-order valence-electron chi connectivity index (χ2n) is 7.72. The number of amides is 1. The third kappa shape index (κ3) is 6.30. The number of rotatable bonds is 8. The summed E-state index contributed by atoms with van der Waals surface area (Å²) in [5, 5.41) is 15.4. The Morgan fingerprint density at radius 3 is 2.57 bits per heavy atom. The molecule has 1 amide bonds. The van der Waals surface area contributed by atoms with Gasteiger partial charge in [0, 0.05) is 24.7 Å². The number of carbonyl (C=O) groups is 1. The van der Waals surface area contributed by atoms with E-state index in [4.69, 9.17) is 5.73 Å². The van der Waals surface area contributed by atoms with Crippen molar-refractivity contribution in [3.63, 3.8) is 0 Å². The molecule has 158 valence electrons. The van der Waals surface area contributed by atoms with E-state index in [-0.39, 0.29) is 29.8 Å². The van der Waals surface area contributed by atoms with Crippen LogP contribution in [0.25, 0.3) is 0 Å². The number of hydrogen-bond donors (Lipinski definition) is 4. The molecule has 2 unspecified atom stereocenters. The van der Waals surface area contributed by atoms with Crippen LogP contribution in [0.3, 0.4) is 0 Å². The van der Waals surface area contributed by atoms with Crippen molar-refractivity contribution in [3.05, 3.63) is 23.5 Å². The molecule has 0 saturated heterocycles. The number of aliphatic hydroxyl groups is 1. The summed E-state index contributed by atoms with van der Waals surface area (Å²) in [6.45, 7) is 1.58. The lowest BCUT2D eigenvalue weighted by Crippen LogP contribution is -2.36. The molecule has 5 N–H and O–H groups in total. The Balaban J connectivity index is 2.10.